The molecule has 3 aromatic carbocycles. The molecule has 3 aliphatic carbocycles. The number of rotatable bonds is 5. The maximum Gasteiger partial charge on any atom is 0.238 e. The molecule has 1 heterocycles. The molecule has 4 aliphatic rings. The van der Waals surface area contributed by atoms with Crippen LogP contribution in [0.5, 0.6) is 5.75 Å². The van der Waals surface area contributed by atoms with E-state index in [0.717, 1.165) is 18.6 Å². The van der Waals surface area contributed by atoms with Crippen LogP contribution in [0.3, 0.4) is 0 Å². The lowest BCUT2D eigenvalue weighted by Gasteiger charge is -2.46. The number of anilines is 1. The number of hydrogen-bond donors (Lipinski definition) is 0. The molecule has 2 amide bonds. The molecule has 0 unspecified atom stereocenters. The molecule has 0 aromatic heterocycles. The Balaban J connectivity index is 1.42. The Hall–Kier alpha value is -3.40. The molecular formula is C32H33NO3. The van der Waals surface area contributed by atoms with E-state index in [0.29, 0.717) is 12.3 Å². The minimum atomic E-state index is -0.374. The first-order valence-corrected chi connectivity index (χ1v) is 13.1. The Morgan fingerprint density at radius 1 is 0.778 bits per heavy atom. The summed E-state index contributed by atoms with van der Waals surface area (Å²) in [5, 5.41) is 0. The van der Waals surface area contributed by atoms with E-state index in [4.69, 9.17) is 4.74 Å². The Labute approximate surface area is 213 Å². The summed E-state index contributed by atoms with van der Waals surface area (Å²) < 4.78 is 5.79. The van der Waals surface area contributed by atoms with E-state index in [-0.39, 0.29) is 40.9 Å². The number of benzene rings is 3. The molecule has 1 aliphatic heterocycles. The van der Waals surface area contributed by atoms with Crippen molar-refractivity contribution in [3.63, 3.8) is 0 Å². The van der Waals surface area contributed by atoms with E-state index in [1.165, 1.54) is 32.7 Å². The molecule has 4 atom stereocenters. The summed E-state index contributed by atoms with van der Waals surface area (Å²) in [6.07, 6.45) is 2.07. The molecule has 0 saturated carbocycles. The van der Waals surface area contributed by atoms with Gasteiger partial charge in [0.15, 0.2) is 0 Å². The van der Waals surface area contributed by atoms with Gasteiger partial charge in [-0.15, -0.1) is 0 Å². The monoisotopic (exact) mass is 479 g/mol. The molecule has 4 heteroatoms. The third-order valence-corrected chi connectivity index (χ3v) is 8.27. The number of imide groups is 1. The second kappa shape index (κ2) is 8.33. The number of unbranched alkanes of at least 4 members (excludes halogenated alkanes) is 1. The Kier molecular flexibility index (Phi) is 5.33. The van der Waals surface area contributed by atoms with Gasteiger partial charge in [0.05, 0.1) is 24.1 Å². The highest BCUT2D eigenvalue weighted by Crippen LogP contribution is 2.61. The van der Waals surface area contributed by atoms with Crippen LogP contribution in [-0.4, -0.2) is 18.4 Å². The van der Waals surface area contributed by atoms with Gasteiger partial charge in [-0.1, -0.05) is 76.6 Å². The number of carbonyl (C=O) groups excluding carboxylic acids is 2. The van der Waals surface area contributed by atoms with Gasteiger partial charge in [0.2, 0.25) is 11.8 Å². The fourth-order valence-corrected chi connectivity index (χ4v) is 6.47. The standard InChI is InChI=1S/C32H33NO3/c1-5-6-17-36-21-14-12-20(13-15-21)33-30(34)28-26-22-9-7-8-10-23(22)27(29(28)31(33)35)25-18-19(32(2,3)4)11-16-24(25)26/h7-16,18,26-29H,5-6,17H2,1-4H3/t26-,27-,28+,29+/m1/s1. The van der Waals surface area contributed by atoms with Crippen molar-refractivity contribution < 1.29 is 14.3 Å². The highest BCUT2D eigenvalue weighted by Gasteiger charge is 2.61. The van der Waals surface area contributed by atoms with Crippen LogP contribution in [0.15, 0.2) is 66.7 Å². The highest BCUT2D eigenvalue weighted by atomic mass is 16.5. The average molecular weight is 480 g/mol. The van der Waals surface area contributed by atoms with Crippen molar-refractivity contribution in [3.8, 4) is 5.75 Å². The number of ether oxygens (including phenoxy) is 1. The Morgan fingerprint density at radius 3 is 1.94 bits per heavy atom. The summed E-state index contributed by atoms with van der Waals surface area (Å²) in [5.74, 6) is -0.352. The minimum Gasteiger partial charge on any atom is -0.494 e. The topological polar surface area (TPSA) is 46.6 Å². The van der Waals surface area contributed by atoms with E-state index in [9.17, 15) is 9.59 Å². The predicted octanol–water partition coefficient (Wildman–Crippen LogP) is 6.56. The quantitative estimate of drug-likeness (QED) is 0.308. The number of nitrogens with zero attached hydrogens (tertiary/aromatic N) is 1. The Morgan fingerprint density at radius 2 is 1.36 bits per heavy atom. The van der Waals surface area contributed by atoms with Gasteiger partial charge in [0, 0.05) is 11.8 Å². The fourth-order valence-electron chi connectivity index (χ4n) is 6.47. The molecule has 1 saturated heterocycles. The molecule has 3 aromatic rings. The van der Waals surface area contributed by atoms with Crippen molar-refractivity contribution in [2.75, 3.05) is 11.5 Å². The smallest absolute Gasteiger partial charge is 0.238 e. The molecule has 36 heavy (non-hydrogen) atoms. The van der Waals surface area contributed by atoms with Crippen LogP contribution < -0.4 is 9.64 Å². The van der Waals surface area contributed by atoms with Crippen molar-refractivity contribution in [3.05, 3.63) is 94.5 Å². The van der Waals surface area contributed by atoms with Gasteiger partial charge in [0.25, 0.3) is 0 Å². The minimum absolute atomic E-state index is 0.00707. The number of carbonyl (C=O) groups is 2. The molecule has 0 spiro atoms. The van der Waals surface area contributed by atoms with Crippen molar-refractivity contribution in [2.45, 2.75) is 57.8 Å². The molecule has 2 bridgehead atoms. The summed E-state index contributed by atoms with van der Waals surface area (Å²) in [5.41, 5.74) is 6.71. The zero-order valence-electron chi connectivity index (χ0n) is 21.5. The predicted molar refractivity (Wildman–Crippen MR) is 142 cm³/mol. The summed E-state index contributed by atoms with van der Waals surface area (Å²) in [6.45, 7) is 9.44. The zero-order valence-corrected chi connectivity index (χ0v) is 21.5. The lowest BCUT2D eigenvalue weighted by Crippen LogP contribution is -2.41. The second-order valence-corrected chi connectivity index (χ2v) is 11.4. The van der Waals surface area contributed by atoms with E-state index >= 15 is 0 Å². The van der Waals surface area contributed by atoms with Gasteiger partial charge in [0.1, 0.15) is 5.75 Å². The normalized spacial score (nSPS) is 23.9. The third-order valence-electron chi connectivity index (χ3n) is 8.27. The van der Waals surface area contributed by atoms with Gasteiger partial charge in [-0.2, -0.15) is 0 Å². The largest absolute Gasteiger partial charge is 0.494 e. The lowest BCUT2D eigenvalue weighted by atomic mass is 9.54. The van der Waals surface area contributed by atoms with E-state index in [2.05, 4.69) is 64.1 Å². The first-order valence-electron chi connectivity index (χ1n) is 13.1. The van der Waals surface area contributed by atoms with Crippen LogP contribution in [0.4, 0.5) is 5.69 Å². The van der Waals surface area contributed by atoms with Crippen molar-refractivity contribution in [1.82, 2.24) is 0 Å². The molecule has 0 radical (unpaired) electrons. The van der Waals surface area contributed by atoms with Crippen LogP contribution in [0.1, 0.15) is 80.2 Å². The summed E-state index contributed by atoms with van der Waals surface area (Å²) >= 11 is 0. The first-order chi connectivity index (χ1) is 17.3. The molecule has 7 rings (SSSR count). The van der Waals surface area contributed by atoms with Crippen LogP contribution in [0, 0.1) is 11.8 Å². The van der Waals surface area contributed by atoms with Crippen LogP contribution in [0.25, 0.3) is 0 Å². The maximum atomic E-state index is 14.0. The van der Waals surface area contributed by atoms with Gasteiger partial charge in [-0.25, -0.2) is 4.90 Å². The average Bonchev–Trinajstić information content (AvgIpc) is 3.14. The summed E-state index contributed by atoms with van der Waals surface area (Å²) in [7, 11) is 0. The number of amides is 2. The van der Waals surface area contributed by atoms with E-state index in [1.54, 1.807) is 0 Å². The summed E-state index contributed by atoms with van der Waals surface area (Å²) in [4.78, 5) is 29.4. The van der Waals surface area contributed by atoms with Gasteiger partial charge in [-0.05, 0) is 63.9 Å². The third kappa shape index (κ3) is 3.34. The van der Waals surface area contributed by atoms with Gasteiger partial charge >= 0.3 is 0 Å². The highest BCUT2D eigenvalue weighted by molar-refractivity contribution is 6.23. The molecule has 4 nitrogen and oxygen atoms in total. The first kappa shape index (κ1) is 23.0. The van der Waals surface area contributed by atoms with Crippen LogP contribution in [0.2, 0.25) is 0 Å². The maximum absolute atomic E-state index is 14.0. The molecular weight excluding hydrogens is 446 g/mol. The lowest BCUT2D eigenvalue weighted by molar-refractivity contribution is -0.122. The molecule has 0 N–H and O–H groups in total. The zero-order chi connectivity index (χ0) is 25.2. The van der Waals surface area contributed by atoms with Crippen molar-refractivity contribution >= 4 is 17.5 Å². The fraction of sp³-hybridized carbons (Fsp3) is 0.375. The number of hydrogen-bond acceptors (Lipinski definition) is 3. The van der Waals surface area contributed by atoms with Gasteiger partial charge in [-0.3, -0.25) is 9.59 Å². The SMILES string of the molecule is CCCCOc1ccc(N2C(=O)[C@H]3[C@@H]4c5ccccc5[C@H](c5cc(C(C)(C)C)ccc54)[C@@H]3C2=O)cc1. The van der Waals surface area contributed by atoms with Crippen molar-refractivity contribution in [1.29, 1.82) is 0 Å². The molecule has 184 valence electrons. The van der Waals surface area contributed by atoms with Crippen molar-refractivity contribution in [2.24, 2.45) is 11.8 Å². The molecule has 1 fully saturated rings. The van der Waals surface area contributed by atoms with E-state index in [1.807, 2.05) is 30.3 Å². The second-order valence-electron chi connectivity index (χ2n) is 11.4. The van der Waals surface area contributed by atoms with Crippen LogP contribution >= 0.6 is 0 Å². The van der Waals surface area contributed by atoms with Crippen LogP contribution in [-0.2, 0) is 15.0 Å². The Bertz CT molecular complexity index is 1350. The van der Waals surface area contributed by atoms with Gasteiger partial charge < -0.3 is 4.74 Å². The van der Waals surface area contributed by atoms with E-state index < -0.39 is 0 Å². The summed E-state index contributed by atoms with van der Waals surface area (Å²) in [6, 6.07) is 22.5.